The van der Waals surface area contributed by atoms with Crippen LogP contribution in [0.4, 0.5) is 11.4 Å². The van der Waals surface area contributed by atoms with Crippen LogP contribution >= 0.6 is 11.6 Å². The van der Waals surface area contributed by atoms with Crippen molar-refractivity contribution >= 4 is 28.9 Å². The molecule has 0 radical (unpaired) electrons. The minimum atomic E-state index is -0.515. The van der Waals surface area contributed by atoms with Crippen LogP contribution in [0, 0.1) is 0 Å². The van der Waals surface area contributed by atoms with Gasteiger partial charge in [-0.25, -0.2) is 0 Å². The Morgan fingerprint density at radius 3 is 2.75 bits per heavy atom. The number of hydrogen-bond donors (Lipinski definition) is 3. The lowest BCUT2D eigenvalue weighted by Gasteiger charge is -2.19. The van der Waals surface area contributed by atoms with Gasteiger partial charge in [-0.15, -0.1) is 0 Å². The first-order chi connectivity index (χ1) is 9.54. The van der Waals surface area contributed by atoms with Crippen LogP contribution in [-0.2, 0) is 0 Å². The summed E-state index contributed by atoms with van der Waals surface area (Å²) in [5, 5.41) is 3.82. The molecule has 2 fully saturated rings. The Kier molecular flexibility index (Phi) is 3.48. The van der Waals surface area contributed by atoms with Crippen molar-refractivity contribution in [2.75, 3.05) is 24.1 Å². The number of carbonyl (C=O) groups excluding carboxylic acids is 1. The molecule has 6 heteroatoms. The van der Waals surface area contributed by atoms with E-state index in [4.69, 9.17) is 23.1 Å². The number of nitrogens with zero attached hydrogens (tertiary/aromatic N) is 1. The van der Waals surface area contributed by atoms with E-state index in [0.717, 1.165) is 25.6 Å². The molecule has 1 aromatic carbocycles. The number of hydrogen-bond acceptors (Lipinski definition) is 4. The lowest BCUT2D eigenvalue weighted by molar-refractivity contribution is 0.100. The van der Waals surface area contributed by atoms with Gasteiger partial charge in [-0.2, -0.15) is 0 Å². The molecular formula is C14H19ClN4O. The van der Waals surface area contributed by atoms with Gasteiger partial charge in [0.2, 0.25) is 0 Å². The van der Waals surface area contributed by atoms with Crippen molar-refractivity contribution in [2.45, 2.75) is 31.3 Å². The van der Waals surface area contributed by atoms with Crippen LogP contribution < -0.4 is 16.8 Å². The van der Waals surface area contributed by atoms with Crippen LogP contribution in [0.5, 0.6) is 0 Å². The molecule has 108 valence electrons. The monoisotopic (exact) mass is 294 g/mol. The number of nitrogens with one attached hydrogen (secondary N) is 1. The molecule has 1 aliphatic heterocycles. The number of anilines is 2. The van der Waals surface area contributed by atoms with Gasteiger partial charge >= 0.3 is 0 Å². The van der Waals surface area contributed by atoms with Gasteiger partial charge in [0.1, 0.15) is 0 Å². The number of primary amides is 1. The Morgan fingerprint density at radius 1 is 1.35 bits per heavy atom. The molecule has 0 bridgehead atoms. The van der Waals surface area contributed by atoms with E-state index in [0.29, 0.717) is 28.0 Å². The fourth-order valence-corrected chi connectivity index (χ4v) is 3.13. The molecule has 5 nitrogen and oxygen atoms in total. The number of rotatable bonds is 4. The third-order valence-corrected chi connectivity index (χ3v) is 4.31. The SMILES string of the molecule is NC(=O)c1cc(N)cc(Cl)c1NC1CCN(C2CC2)C1. The molecule has 2 aliphatic rings. The second kappa shape index (κ2) is 5.14. The van der Waals surface area contributed by atoms with Gasteiger partial charge in [0.15, 0.2) is 0 Å². The molecular weight excluding hydrogens is 276 g/mol. The standard InChI is InChI=1S/C14H19ClN4O/c15-12-6-8(16)5-11(14(17)20)13(12)18-9-3-4-19(7-9)10-1-2-10/h5-6,9-10,18H,1-4,7,16H2,(H2,17,20). The van der Waals surface area contributed by atoms with E-state index < -0.39 is 5.91 Å². The average molecular weight is 295 g/mol. The third-order valence-electron chi connectivity index (χ3n) is 4.01. The summed E-state index contributed by atoms with van der Waals surface area (Å²) in [6.45, 7) is 2.09. The first-order valence-electron chi connectivity index (χ1n) is 6.94. The number of halogens is 1. The minimum absolute atomic E-state index is 0.301. The van der Waals surface area contributed by atoms with Crippen molar-refractivity contribution in [3.8, 4) is 0 Å². The van der Waals surface area contributed by atoms with E-state index in [-0.39, 0.29) is 0 Å². The predicted molar refractivity (Wildman–Crippen MR) is 81.0 cm³/mol. The normalized spacial score (nSPS) is 22.9. The maximum absolute atomic E-state index is 11.5. The summed E-state index contributed by atoms with van der Waals surface area (Å²) < 4.78 is 0. The molecule has 20 heavy (non-hydrogen) atoms. The highest BCUT2D eigenvalue weighted by Crippen LogP contribution is 2.33. The van der Waals surface area contributed by atoms with E-state index in [1.807, 2.05) is 0 Å². The Morgan fingerprint density at radius 2 is 2.10 bits per heavy atom. The lowest BCUT2D eigenvalue weighted by Crippen LogP contribution is -2.28. The van der Waals surface area contributed by atoms with Crippen LogP contribution in [0.3, 0.4) is 0 Å². The largest absolute Gasteiger partial charge is 0.399 e. The van der Waals surface area contributed by atoms with Gasteiger partial charge in [0.25, 0.3) is 5.91 Å². The summed E-state index contributed by atoms with van der Waals surface area (Å²) in [6, 6.07) is 4.28. The van der Waals surface area contributed by atoms with Crippen molar-refractivity contribution in [2.24, 2.45) is 5.73 Å². The number of likely N-dealkylation sites (tertiary alicyclic amines) is 1. The molecule has 3 rings (SSSR count). The summed E-state index contributed by atoms with van der Waals surface area (Å²) in [4.78, 5) is 14.0. The summed E-state index contributed by atoms with van der Waals surface area (Å²) in [6.07, 6.45) is 3.67. The summed E-state index contributed by atoms with van der Waals surface area (Å²) in [7, 11) is 0. The van der Waals surface area contributed by atoms with E-state index in [1.165, 1.54) is 12.8 Å². The number of amides is 1. The molecule has 1 aromatic rings. The molecule has 1 unspecified atom stereocenters. The van der Waals surface area contributed by atoms with Gasteiger partial charge in [0.05, 0.1) is 16.3 Å². The molecule has 1 amide bonds. The number of benzene rings is 1. The number of nitrogens with two attached hydrogens (primary N) is 2. The van der Waals surface area contributed by atoms with Crippen molar-refractivity contribution in [1.29, 1.82) is 0 Å². The predicted octanol–water partition coefficient (Wildman–Crippen LogP) is 1.67. The van der Waals surface area contributed by atoms with Gasteiger partial charge in [-0.1, -0.05) is 11.6 Å². The fraction of sp³-hybridized carbons (Fsp3) is 0.500. The van der Waals surface area contributed by atoms with Gasteiger partial charge in [-0.3, -0.25) is 9.69 Å². The van der Waals surface area contributed by atoms with E-state index in [1.54, 1.807) is 12.1 Å². The molecule has 1 atom stereocenters. The van der Waals surface area contributed by atoms with Crippen LogP contribution in [-0.4, -0.2) is 36.0 Å². The smallest absolute Gasteiger partial charge is 0.250 e. The molecule has 5 N–H and O–H groups in total. The summed E-state index contributed by atoms with van der Waals surface area (Å²) in [5.41, 5.74) is 12.5. The Balaban J connectivity index is 1.78. The average Bonchev–Trinajstić information content (AvgIpc) is 3.12. The second-order valence-corrected chi connectivity index (χ2v) is 6.05. The highest BCUT2D eigenvalue weighted by atomic mass is 35.5. The Bertz CT molecular complexity index is 544. The van der Waals surface area contributed by atoms with Crippen LogP contribution in [0.1, 0.15) is 29.6 Å². The Hall–Kier alpha value is -1.46. The number of carbonyl (C=O) groups is 1. The molecule has 1 saturated heterocycles. The minimum Gasteiger partial charge on any atom is -0.399 e. The zero-order chi connectivity index (χ0) is 14.3. The van der Waals surface area contributed by atoms with Crippen LogP contribution in [0.2, 0.25) is 5.02 Å². The molecule has 1 heterocycles. The molecule has 1 saturated carbocycles. The topological polar surface area (TPSA) is 84.4 Å². The van der Waals surface area contributed by atoms with Crippen LogP contribution in [0.15, 0.2) is 12.1 Å². The van der Waals surface area contributed by atoms with Gasteiger partial charge in [-0.05, 0) is 31.4 Å². The van der Waals surface area contributed by atoms with Crippen molar-refractivity contribution in [1.82, 2.24) is 4.90 Å². The maximum Gasteiger partial charge on any atom is 0.250 e. The van der Waals surface area contributed by atoms with E-state index >= 15 is 0 Å². The Labute approximate surface area is 123 Å². The van der Waals surface area contributed by atoms with Gasteiger partial charge < -0.3 is 16.8 Å². The van der Waals surface area contributed by atoms with Gasteiger partial charge in [0, 0.05) is 30.9 Å². The second-order valence-electron chi connectivity index (χ2n) is 5.65. The number of nitrogen functional groups attached to an aromatic ring is 1. The van der Waals surface area contributed by atoms with Crippen LogP contribution in [0.25, 0.3) is 0 Å². The van der Waals surface area contributed by atoms with Crippen molar-refractivity contribution < 1.29 is 4.79 Å². The van der Waals surface area contributed by atoms with E-state index in [9.17, 15) is 4.79 Å². The van der Waals surface area contributed by atoms with Crippen molar-refractivity contribution in [3.05, 3.63) is 22.7 Å². The van der Waals surface area contributed by atoms with Crippen molar-refractivity contribution in [3.63, 3.8) is 0 Å². The summed E-state index contributed by atoms with van der Waals surface area (Å²) >= 11 is 6.20. The summed E-state index contributed by atoms with van der Waals surface area (Å²) in [5.74, 6) is -0.515. The zero-order valence-corrected chi connectivity index (χ0v) is 12.0. The highest BCUT2D eigenvalue weighted by Gasteiger charge is 2.34. The molecule has 1 aliphatic carbocycles. The maximum atomic E-state index is 11.5. The zero-order valence-electron chi connectivity index (χ0n) is 11.2. The quantitative estimate of drug-likeness (QED) is 0.738. The highest BCUT2D eigenvalue weighted by molar-refractivity contribution is 6.34. The molecule has 0 aromatic heterocycles. The first-order valence-corrected chi connectivity index (χ1v) is 7.32. The lowest BCUT2D eigenvalue weighted by atomic mass is 10.1. The van der Waals surface area contributed by atoms with E-state index in [2.05, 4.69) is 10.2 Å². The fourth-order valence-electron chi connectivity index (χ4n) is 2.85. The molecule has 0 spiro atoms. The first kappa shape index (κ1) is 13.5. The third kappa shape index (κ3) is 2.69.